The number of nitrogens with zero attached hydrogens (tertiary/aromatic N) is 2. The fraction of sp³-hybridized carbons (Fsp3) is 0.0625. The summed E-state index contributed by atoms with van der Waals surface area (Å²) in [5, 5.41) is 22.5. The minimum absolute atomic E-state index is 0.129. The predicted octanol–water partition coefficient (Wildman–Crippen LogP) is 3.86. The molecule has 0 radical (unpaired) electrons. The fourth-order valence-corrected chi connectivity index (χ4v) is 2.34. The molecule has 0 saturated carbocycles. The number of carbonyl (C=O) groups is 2. The molecule has 0 aromatic heterocycles. The monoisotopic (exact) mass is 377 g/mol. The maximum Gasteiger partial charge on any atom is 0.288 e. The van der Waals surface area contributed by atoms with Crippen molar-refractivity contribution in [1.29, 1.82) is 5.26 Å². The zero-order chi connectivity index (χ0) is 18.6. The number of nitrogens with one attached hydrogen (secondary N) is 1. The molecule has 1 unspecified atom stereocenters. The molecule has 0 bridgehead atoms. The van der Waals surface area contributed by atoms with E-state index in [9.17, 15) is 19.7 Å². The highest BCUT2D eigenvalue weighted by atomic mass is 35.5. The van der Waals surface area contributed by atoms with Crippen molar-refractivity contribution in [3.8, 4) is 6.07 Å². The molecule has 7 nitrogen and oxygen atoms in total. The zero-order valence-electron chi connectivity index (χ0n) is 12.4. The van der Waals surface area contributed by atoms with Gasteiger partial charge in [0.1, 0.15) is 5.02 Å². The number of hydrogen-bond acceptors (Lipinski definition) is 5. The standard InChI is InChI=1S/C16H9Cl2N3O4/c17-10-3-1-9(2-4-10)15(22)12(8-19)16(23)20-11-5-6-14(21(24)25)13(18)7-11/h1-7,12H,(H,20,23). The average molecular weight is 378 g/mol. The molecule has 0 aliphatic heterocycles. The van der Waals surface area contributed by atoms with Crippen LogP contribution in [0.4, 0.5) is 11.4 Å². The molecule has 2 rings (SSSR count). The van der Waals surface area contributed by atoms with Crippen molar-refractivity contribution in [1.82, 2.24) is 0 Å². The Balaban J connectivity index is 2.19. The van der Waals surface area contributed by atoms with E-state index in [0.717, 1.165) is 6.07 Å². The summed E-state index contributed by atoms with van der Waals surface area (Å²) in [6.07, 6.45) is 0. The lowest BCUT2D eigenvalue weighted by Crippen LogP contribution is -2.28. The molecule has 0 heterocycles. The number of anilines is 1. The van der Waals surface area contributed by atoms with E-state index in [4.69, 9.17) is 28.5 Å². The summed E-state index contributed by atoms with van der Waals surface area (Å²) in [5.41, 5.74) is -0.0358. The van der Waals surface area contributed by atoms with E-state index < -0.39 is 22.5 Å². The summed E-state index contributed by atoms with van der Waals surface area (Å²) >= 11 is 11.5. The normalized spacial score (nSPS) is 11.2. The van der Waals surface area contributed by atoms with Crippen molar-refractivity contribution in [3.05, 3.63) is 68.2 Å². The highest BCUT2D eigenvalue weighted by Gasteiger charge is 2.28. The second-order valence-electron chi connectivity index (χ2n) is 4.85. The molecule has 0 saturated heterocycles. The molecular weight excluding hydrogens is 369 g/mol. The average Bonchev–Trinajstić information content (AvgIpc) is 2.55. The maximum atomic E-state index is 12.3. The van der Waals surface area contributed by atoms with Gasteiger partial charge >= 0.3 is 0 Å². The molecule has 1 N–H and O–H groups in total. The number of Topliss-reactive ketones (excluding diaryl/α,β-unsaturated/α-hetero) is 1. The van der Waals surface area contributed by atoms with Gasteiger partial charge in [-0.1, -0.05) is 23.2 Å². The van der Waals surface area contributed by atoms with Crippen molar-refractivity contribution in [3.63, 3.8) is 0 Å². The topological polar surface area (TPSA) is 113 Å². The van der Waals surface area contributed by atoms with Crippen LogP contribution in [0.3, 0.4) is 0 Å². The smallest absolute Gasteiger partial charge is 0.288 e. The Hall–Kier alpha value is -2.95. The Labute approximate surface area is 151 Å². The van der Waals surface area contributed by atoms with Crippen LogP contribution in [0.5, 0.6) is 0 Å². The molecule has 2 aromatic carbocycles. The van der Waals surface area contributed by atoms with Crippen LogP contribution in [0, 0.1) is 27.4 Å². The molecule has 2 aromatic rings. The second-order valence-corrected chi connectivity index (χ2v) is 5.69. The molecule has 0 spiro atoms. The molecule has 0 fully saturated rings. The van der Waals surface area contributed by atoms with Gasteiger partial charge in [-0.2, -0.15) is 5.26 Å². The van der Waals surface area contributed by atoms with Gasteiger partial charge in [0.05, 0.1) is 11.0 Å². The van der Waals surface area contributed by atoms with Crippen LogP contribution in [0.2, 0.25) is 10.0 Å². The molecule has 126 valence electrons. The number of amides is 1. The van der Waals surface area contributed by atoms with Crippen molar-refractivity contribution in [2.45, 2.75) is 0 Å². The van der Waals surface area contributed by atoms with Crippen LogP contribution < -0.4 is 5.32 Å². The molecule has 9 heteroatoms. The van der Waals surface area contributed by atoms with Gasteiger partial charge in [-0.15, -0.1) is 0 Å². The van der Waals surface area contributed by atoms with Gasteiger partial charge < -0.3 is 5.32 Å². The summed E-state index contributed by atoms with van der Waals surface area (Å²) in [6, 6.07) is 10.9. The molecule has 0 aliphatic rings. The van der Waals surface area contributed by atoms with Gasteiger partial charge in [-0.25, -0.2) is 0 Å². The van der Waals surface area contributed by atoms with Gasteiger partial charge in [0.25, 0.3) is 5.69 Å². The third kappa shape index (κ3) is 4.32. The quantitative estimate of drug-likeness (QED) is 0.367. The van der Waals surface area contributed by atoms with E-state index >= 15 is 0 Å². The van der Waals surface area contributed by atoms with Crippen LogP contribution in [-0.4, -0.2) is 16.6 Å². The Morgan fingerprint density at radius 2 is 1.80 bits per heavy atom. The number of nitro groups is 1. The van der Waals surface area contributed by atoms with Crippen molar-refractivity contribution in [2.75, 3.05) is 5.32 Å². The number of rotatable bonds is 5. The Bertz CT molecular complexity index is 891. The minimum Gasteiger partial charge on any atom is -0.324 e. The number of nitriles is 1. The third-order valence-electron chi connectivity index (χ3n) is 3.19. The van der Waals surface area contributed by atoms with E-state index in [2.05, 4.69) is 5.32 Å². The minimum atomic E-state index is -1.59. The maximum absolute atomic E-state index is 12.3. The van der Waals surface area contributed by atoms with Crippen molar-refractivity contribution < 1.29 is 14.5 Å². The first-order chi connectivity index (χ1) is 11.8. The molecular formula is C16H9Cl2N3O4. The van der Waals surface area contributed by atoms with Crippen molar-refractivity contribution in [2.24, 2.45) is 5.92 Å². The molecule has 1 amide bonds. The number of halogens is 2. The number of carbonyl (C=O) groups excluding carboxylic acids is 2. The highest BCUT2D eigenvalue weighted by molar-refractivity contribution is 6.33. The largest absolute Gasteiger partial charge is 0.324 e. The first-order valence-electron chi connectivity index (χ1n) is 6.77. The second kappa shape index (κ2) is 7.75. The Morgan fingerprint density at radius 3 is 2.32 bits per heavy atom. The fourth-order valence-electron chi connectivity index (χ4n) is 1.96. The SMILES string of the molecule is N#CC(C(=O)Nc1ccc([N+](=O)[O-])c(Cl)c1)C(=O)c1ccc(Cl)cc1. The van der Waals surface area contributed by atoms with E-state index in [-0.39, 0.29) is 22.0 Å². The zero-order valence-corrected chi connectivity index (χ0v) is 13.9. The number of nitro benzene ring substituents is 1. The summed E-state index contributed by atoms with van der Waals surface area (Å²) in [6.45, 7) is 0. The number of hydrogen-bond donors (Lipinski definition) is 1. The van der Waals surface area contributed by atoms with Crippen LogP contribution in [0.1, 0.15) is 10.4 Å². The third-order valence-corrected chi connectivity index (χ3v) is 3.75. The van der Waals surface area contributed by atoms with Crippen LogP contribution in [0.25, 0.3) is 0 Å². The Morgan fingerprint density at radius 1 is 1.16 bits per heavy atom. The van der Waals surface area contributed by atoms with E-state index in [0.29, 0.717) is 5.02 Å². The van der Waals surface area contributed by atoms with Crippen LogP contribution in [0.15, 0.2) is 42.5 Å². The summed E-state index contributed by atoms with van der Waals surface area (Å²) in [4.78, 5) is 34.5. The van der Waals surface area contributed by atoms with Gasteiger partial charge in [0.15, 0.2) is 11.7 Å². The number of benzene rings is 2. The van der Waals surface area contributed by atoms with Crippen LogP contribution >= 0.6 is 23.2 Å². The summed E-state index contributed by atoms with van der Waals surface area (Å²) in [7, 11) is 0. The van der Waals surface area contributed by atoms with Crippen LogP contribution in [-0.2, 0) is 4.79 Å². The molecule has 1 atom stereocenters. The van der Waals surface area contributed by atoms with E-state index in [1.54, 1.807) is 6.07 Å². The predicted molar refractivity (Wildman–Crippen MR) is 91.6 cm³/mol. The van der Waals surface area contributed by atoms with Crippen molar-refractivity contribution >= 4 is 46.3 Å². The summed E-state index contributed by atoms with van der Waals surface area (Å²) in [5.74, 6) is -3.15. The van der Waals surface area contributed by atoms with Gasteiger partial charge in [0, 0.05) is 22.3 Å². The molecule has 25 heavy (non-hydrogen) atoms. The van der Waals surface area contributed by atoms with E-state index in [1.807, 2.05) is 0 Å². The molecule has 0 aliphatic carbocycles. The summed E-state index contributed by atoms with van der Waals surface area (Å²) < 4.78 is 0. The van der Waals surface area contributed by atoms with Gasteiger partial charge in [-0.3, -0.25) is 19.7 Å². The van der Waals surface area contributed by atoms with Gasteiger partial charge in [-0.05, 0) is 36.4 Å². The first-order valence-corrected chi connectivity index (χ1v) is 7.53. The lowest BCUT2D eigenvalue weighted by atomic mass is 9.98. The number of ketones is 1. The highest BCUT2D eigenvalue weighted by Crippen LogP contribution is 2.27. The lowest BCUT2D eigenvalue weighted by molar-refractivity contribution is -0.384. The first kappa shape index (κ1) is 18.4. The van der Waals surface area contributed by atoms with Gasteiger partial charge in [0.2, 0.25) is 5.91 Å². The van der Waals surface area contributed by atoms with E-state index in [1.165, 1.54) is 36.4 Å². The lowest BCUT2D eigenvalue weighted by Gasteiger charge is -2.10. The Kier molecular flexibility index (Phi) is 5.70.